The van der Waals surface area contributed by atoms with Crippen LogP contribution in [0.2, 0.25) is 10.0 Å². The molecule has 1 N–H and O–H groups in total. The topological polar surface area (TPSA) is 81.3 Å². The van der Waals surface area contributed by atoms with E-state index in [-0.39, 0.29) is 33.3 Å². The summed E-state index contributed by atoms with van der Waals surface area (Å²) in [6, 6.07) is 16.4. The van der Waals surface area contributed by atoms with Crippen LogP contribution in [0, 0.1) is 0 Å². The fourth-order valence-electron chi connectivity index (χ4n) is 3.07. The molecule has 156 valence electrons. The highest BCUT2D eigenvalue weighted by atomic mass is 79.9. The van der Waals surface area contributed by atoms with E-state index in [1.54, 1.807) is 48.5 Å². The molecule has 0 bridgehead atoms. The normalized spacial score (nSPS) is 10.9. The monoisotopic (exact) mass is 518 g/mol. The fourth-order valence-corrected chi connectivity index (χ4v) is 3.80. The van der Waals surface area contributed by atoms with Crippen molar-refractivity contribution in [3.05, 3.63) is 96.9 Å². The van der Waals surface area contributed by atoms with Crippen LogP contribution in [0.15, 0.2) is 74.3 Å². The maximum atomic E-state index is 12.9. The molecular weight excluding hydrogens is 507 g/mol. The number of nitrogens with zero attached hydrogens (tertiary/aromatic N) is 1. The molecule has 0 spiro atoms. The first kappa shape index (κ1) is 21.4. The summed E-state index contributed by atoms with van der Waals surface area (Å²) in [5, 5.41) is 3.10. The lowest BCUT2D eigenvalue weighted by Gasteiger charge is -2.08. The number of fused-ring (bicyclic) bond motifs is 1. The van der Waals surface area contributed by atoms with E-state index in [0.717, 1.165) is 9.04 Å². The highest BCUT2D eigenvalue weighted by Gasteiger charge is 2.20. The number of oxazole rings is 1. The SMILES string of the molecule is O=C(Cn1c(=O)oc2cc(C(=O)c3ccccc3Cl)c(Cl)cc21)Nc1ccc(Br)cc1. The van der Waals surface area contributed by atoms with Gasteiger partial charge in [-0.05, 0) is 48.5 Å². The van der Waals surface area contributed by atoms with Gasteiger partial charge in [-0.3, -0.25) is 14.2 Å². The highest BCUT2D eigenvalue weighted by Crippen LogP contribution is 2.28. The molecule has 1 amide bonds. The van der Waals surface area contributed by atoms with Crippen molar-refractivity contribution in [2.24, 2.45) is 0 Å². The van der Waals surface area contributed by atoms with Crippen LogP contribution >= 0.6 is 39.1 Å². The number of ketones is 1. The Balaban J connectivity index is 1.65. The number of hydrogen-bond donors (Lipinski definition) is 1. The van der Waals surface area contributed by atoms with E-state index in [1.807, 2.05) is 0 Å². The van der Waals surface area contributed by atoms with Gasteiger partial charge in [0, 0.05) is 21.3 Å². The van der Waals surface area contributed by atoms with E-state index in [2.05, 4.69) is 21.2 Å². The van der Waals surface area contributed by atoms with Crippen LogP contribution in [-0.2, 0) is 11.3 Å². The lowest BCUT2D eigenvalue weighted by molar-refractivity contribution is -0.116. The van der Waals surface area contributed by atoms with Gasteiger partial charge in [0.15, 0.2) is 11.4 Å². The second-order valence-electron chi connectivity index (χ2n) is 6.62. The Labute approximate surface area is 194 Å². The minimum absolute atomic E-state index is 0.111. The van der Waals surface area contributed by atoms with Gasteiger partial charge in [-0.15, -0.1) is 0 Å². The molecule has 0 aliphatic carbocycles. The van der Waals surface area contributed by atoms with Crippen molar-refractivity contribution in [2.45, 2.75) is 6.54 Å². The third-order valence-corrected chi connectivity index (χ3v) is 5.72. The van der Waals surface area contributed by atoms with Crippen molar-refractivity contribution in [3.63, 3.8) is 0 Å². The average Bonchev–Trinajstić information content (AvgIpc) is 3.03. The van der Waals surface area contributed by atoms with E-state index in [1.165, 1.54) is 12.1 Å². The van der Waals surface area contributed by atoms with Crippen LogP contribution in [0.3, 0.4) is 0 Å². The van der Waals surface area contributed by atoms with E-state index >= 15 is 0 Å². The molecule has 0 radical (unpaired) electrons. The van der Waals surface area contributed by atoms with Crippen LogP contribution < -0.4 is 11.1 Å². The van der Waals surface area contributed by atoms with Gasteiger partial charge in [0.1, 0.15) is 6.54 Å². The number of benzene rings is 3. The average molecular weight is 520 g/mol. The summed E-state index contributed by atoms with van der Waals surface area (Å²) >= 11 is 15.8. The quantitative estimate of drug-likeness (QED) is 0.351. The molecule has 1 aromatic heterocycles. The molecule has 0 aliphatic rings. The van der Waals surface area contributed by atoms with Crippen LogP contribution in [0.4, 0.5) is 5.69 Å². The summed E-state index contributed by atoms with van der Waals surface area (Å²) in [7, 11) is 0. The number of halogens is 3. The number of amides is 1. The van der Waals surface area contributed by atoms with E-state index in [4.69, 9.17) is 27.6 Å². The summed E-state index contributed by atoms with van der Waals surface area (Å²) in [6.07, 6.45) is 0. The molecule has 0 atom stereocenters. The maximum Gasteiger partial charge on any atom is 0.420 e. The Morgan fingerprint density at radius 2 is 1.68 bits per heavy atom. The smallest absolute Gasteiger partial charge is 0.408 e. The van der Waals surface area contributed by atoms with Gasteiger partial charge in [0.2, 0.25) is 5.91 Å². The number of hydrogen-bond acceptors (Lipinski definition) is 4. The standard InChI is InChI=1S/C22H13BrCl2N2O4/c23-12-5-7-13(8-6-12)26-20(28)11-27-18-10-17(25)15(9-19(18)31-22(27)30)21(29)14-3-1-2-4-16(14)24/h1-10H,11H2,(H,26,28). The first-order valence-corrected chi connectivity index (χ1v) is 10.6. The molecule has 9 heteroatoms. The van der Waals surface area contributed by atoms with Gasteiger partial charge in [-0.2, -0.15) is 0 Å². The third-order valence-electron chi connectivity index (χ3n) is 4.55. The van der Waals surface area contributed by atoms with Crippen LogP contribution in [0.25, 0.3) is 11.1 Å². The van der Waals surface area contributed by atoms with Crippen molar-refractivity contribution in [1.29, 1.82) is 0 Å². The molecule has 3 aromatic carbocycles. The minimum Gasteiger partial charge on any atom is -0.408 e. The molecule has 0 saturated heterocycles. The molecule has 31 heavy (non-hydrogen) atoms. The van der Waals surface area contributed by atoms with Crippen molar-refractivity contribution >= 4 is 67.6 Å². The molecule has 4 aromatic rings. The Morgan fingerprint density at radius 1 is 0.968 bits per heavy atom. The first-order valence-electron chi connectivity index (χ1n) is 9.01. The molecule has 0 fully saturated rings. The number of anilines is 1. The van der Waals surface area contributed by atoms with Crippen LogP contribution in [0.5, 0.6) is 0 Å². The molecule has 0 saturated carbocycles. The largest absolute Gasteiger partial charge is 0.420 e. The molecule has 1 heterocycles. The molecule has 4 rings (SSSR count). The zero-order valence-corrected chi connectivity index (χ0v) is 18.8. The number of carbonyl (C=O) groups excluding carboxylic acids is 2. The second-order valence-corrected chi connectivity index (χ2v) is 8.35. The van der Waals surface area contributed by atoms with Gasteiger partial charge in [-0.1, -0.05) is 51.3 Å². The summed E-state index contributed by atoms with van der Waals surface area (Å²) in [4.78, 5) is 37.6. The molecule has 0 unspecified atom stereocenters. The third kappa shape index (κ3) is 4.44. The minimum atomic E-state index is -0.737. The highest BCUT2D eigenvalue weighted by molar-refractivity contribution is 9.10. The number of carbonyl (C=O) groups is 2. The first-order chi connectivity index (χ1) is 14.8. The number of nitrogens with one attached hydrogen (secondary N) is 1. The van der Waals surface area contributed by atoms with Gasteiger partial charge >= 0.3 is 5.76 Å². The number of aromatic nitrogens is 1. The zero-order chi connectivity index (χ0) is 22.1. The van der Waals surface area contributed by atoms with E-state index in [0.29, 0.717) is 11.2 Å². The predicted molar refractivity (Wildman–Crippen MR) is 123 cm³/mol. The lowest BCUT2D eigenvalue weighted by atomic mass is 10.0. The van der Waals surface area contributed by atoms with Gasteiger partial charge in [0.25, 0.3) is 0 Å². The Bertz CT molecular complexity index is 1380. The van der Waals surface area contributed by atoms with Crippen LogP contribution in [-0.4, -0.2) is 16.3 Å². The Kier molecular flexibility index (Phi) is 6.00. The molecule has 6 nitrogen and oxygen atoms in total. The Hall–Kier alpha value is -2.87. The maximum absolute atomic E-state index is 12.9. The van der Waals surface area contributed by atoms with Gasteiger partial charge < -0.3 is 9.73 Å². The summed E-state index contributed by atoms with van der Waals surface area (Å²) in [6.45, 7) is -0.282. The zero-order valence-electron chi connectivity index (χ0n) is 15.7. The van der Waals surface area contributed by atoms with E-state index < -0.39 is 17.4 Å². The van der Waals surface area contributed by atoms with Crippen molar-refractivity contribution in [1.82, 2.24) is 4.57 Å². The second kappa shape index (κ2) is 8.70. The number of rotatable bonds is 5. The summed E-state index contributed by atoms with van der Waals surface area (Å²) in [5.41, 5.74) is 1.45. The summed E-state index contributed by atoms with van der Waals surface area (Å²) < 4.78 is 7.28. The molecule has 0 aliphatic heterocycles. The predicted octanol–water partition coefficient (Wildman–Crippen LogP) is 5.53. The van der Waals surface area contributed by atoms with Crippen molar-refractivity contribution in [2.75, 3.05) is 5.32 Å². The van der Waals surface area contributed by atoms with Crippen molar-refractivity contribution in [3.8, 4) is 0 Å². The fraction of sp³-hybridized carbons (Fsp3) is 0.0455. The van der Waals surface area contributed by atoms with Gasteiger partial charge in [0.05, 0.1) is 15.6 Å². The summed E-state index contributed by atoms with van der Waals surface area (Å²) in [5.74, 6) is -1.56. The van der Waals surface area contributed by atoms with E-state index in [9.17, 15) is 14.4 Å². The lowest BCUT2D eigenvalue weighted by Crippen LogP contribution is -2.24. The van der Waals surface area contributed by atoms with Crippen LogP contribution in [0.1, 0.15) is 15.9 Å². The molecular formula is C22H13BrCl2N2O4. The van der Waals surface area contributed by atoms with Crippen molar-refractivity contribution < 1.29 is 14.0 Å². The van der Waals surface area contributed by atoms with Gasteiger partial charge in [-0.25, -0.2) is 4.79 Å². The Morgan fingerprint density at radius 3 is 2.39 bits per heavy atom.